The van der Waals surface area contributed by atoms with Crippen LogP contribution >= 0.6 is 0 Å². The van der Waals surface area contributed by atoms with Crippen LogP contribution in [0.2, 0.25) is 0 Å². The van der Waals surface area contributed by atoms with Crippen LogP contribution in [0.25, 0.3) is 0 Å². The molecule has 0 saturated heterocycles. The van der Waals surface area contributed by atoms with Gasteiger partial charge in [0.05, 0.1) is 0 Å². The van der Waals surface area contributed by atoms with Crippen molar-refractivity contribution in [1.29, 1.82) is 10.5 Å². The van der Waals surface area contributed by atoms with Gasteiger partial charge in [0.25, 0.3) is 12.5 Å². The summed E-state index contributed by atoms with van der Waals surface area (Å²) in [5.74, 6) is 0. The molecule has 0 aromatic rings. The van der Waals surface area contributed by atoms with Crippen LogP contribution in [-0.2, 0) is 16.8 Å². The summed E-state index contributed by atoms with van der Waals surface area (Å²) in [6.45, 7) is 0. The fourth-order valence-electron chi connectivity index (χ4n) is 0. The first kappa shape index (κ1) is 23.3. The molecule has 0 aliphatic heterocycles. The number of rotatable bonds is 0. The summed E-state index contributed by atoms with van der Waals surface area (Å²) in [6.07, 6.45) is 1.50. The van der Waals surface area contributed by atoms with Gasteiger partial charge in [0.15, 0.2) is 0 Å². The molecule has 2 radical (unpaired) electrons. The van der Waals surface area contributed by atoms with E-state index >= 15 is 0 Å². The summed E-state index contributed by atoms with van der Waals surface area (Å²) in [6, 6.07) is 0. The van der Waals surface area contributed by atoms with Crippen LogP contribution in [0, 0.1) is 23.0 Å². The van der Waals surface area contributed by atoms with Crippen LogP contribution in [0.5, 0.6) is 0 Å². The molecule has 0 heterocycles. The second-order valence-corrected chi connectivity index (χ2v) is 0.200. The molecular weight excluding hydrogens is 182 g/mol. The van der Waals surface area contributed by atoms with Crippen molar-refractivity contribution in [3.8, 4) is 12.5 Å². The first-order chi connectivity index (χ1) is 2.83. The molecule has 4 nitrogen and oxygen atoms in total. The summed E-state index contributed by atoms with van der Waals surface area (Å²) in [7, 11) is 0. The Kier molecular flexibility index (Phi) is 137. The van der Waals surface area contributed by atoms with E-state index in [1.165, 1.54) is 0 Å². The molecule has 0 spiro atoms. The molecular formula is C2H2CoKN2O2. The molecule has 0 aliphatic rings. The van der Waals surface area contributed by atoms with Crippen molar-refractivity contribution in [2.75, 3.05) is 0 Å². The summed E-state index contributed by atoms with van der Waals surface area (Å²) < 4.78 is 0. The van der Waals surface area contributed by atoms with Gasteiger partial charge in [0, 0.05) is 68.2 Å². The van der Waals surface area contributed by atoms with E-state index in [1.807, 2.05) is 0 Å². The fraction of sp³-hybridized carbons (Fsp3) is 0. The van der Waals surface area contributed by atoms with Gasteiger partial charge in [0.2, 0.25) is 0 Å². The minimum atomic E-state index is 0. The molecule has 2 N–H and O–H groups in total. The fourth-order valence-corrected chi connectivity index (χ4v) is 0. The largest absolute Gasteiger partial charge is 0.443 e. The molecule has 0 saturated carbocycles. The Morgan fingerprint density at radius 2 is 1.00 bits per heavy atom. The van der Waals surface area contributed by atoms with Gasteiger partial charge in [0.1, 0.15) is 0 Å². The minimum Gasteiger partial charge on any atom is -0.443 e. The first-order valence-electron chi connectivity index (χ1n) is 0.894. The van der Waals surface area contributed by atoms with Crippen molar-refractivity contribution in [2.45, 2.75) is 0 Å². The Hall–Kier alpha value is 0.723. The molecule has 0 bridgehead atoms. The number of aliphatic hydroxyl groups is 2. The zero-order valence-corrected chi connectivity index (χ0v) is 8.29. The number of aliphatic hydroxyl groups excluding tert-OH is 2. The van der Waals surface area contributed by atoms with E-state index in [4.69, 9.17) is 20.7 Å². The zero-order valence-electron chi connectivity index (χ0n) is 4.12. The van der Waals surface area contributed by atoms with Crippen molar-refractivity contribution < 1.29 is 27.0 Å². The topological polar surface area (TPSA) is 88.0 Å². The zero-order chi connectivity index (χ0) is 5.41. The summed E-state index contributed by atoms with van der Waals surface area (Å²) in [4.78, 5) is 0. The van der Waals surface area contributed by atoms with E-state index in [2.05, 4.69) is 0 Å². The molecule has 0 unspecified atom stereocenters. The van der Waals surface area contributed by atoms with Gasteiger partial charge >= 0.3 is 0 Å². The Labute approximate surface area is 99.7 Å². The average molecular weight is 184 g/mol. The normalized spacial score (nSPS) is 1.75. The second kappa shape index (κ2) is 47.1. The Balaban J connectivity index is -0.0000000160. The summed E-state index contributed by atoms with van der Waals surface area (Å²) in [5.41, 5.74) is 0. The molecule has 0 fully saturated rings. The summed E-state index contributed by atoms with van der Waals surface area (Å²) >= 11 is 0. The third kappa shape index (κ3) is 421. The molecule has 0 rings (SSSR count). The van der Waals surface area contributed by atoms with Gasteiger partial charge in [-0.1, -0.05) is 0 Å². The van der Waals surface area contributed by atoms with Gasteiger partial charge in [-0.2, -0.15) is 10.5 Å². The van der Waals surface area contributed by atoms with Gasteiger partial charge < -0.3 is 10.2 Å². The van der Waals surface area contributed by atoms with Gasteiger partial charge in [-0.3, -0.25) is 0 Å². The summed E-state index contributed by atoms with van der Waals surface area (Å²) in [5, 5.41) is 27.5. The SMILES string of the molecule is N#CO.N#CO.[Co].[K]. The molecule has 0 aliphatic carbocycles. The van der Waals surface area contributed by atoms with Crippen LogP contribution < -0.4 is 0 Å². The quantitative estimate of drug-likeness (QED) is 0.384. The van der Waals surface area contributed by atoms with Gasteiger partial charge in [-0.05, 0) is 0 Å². The number of nitrogens with zero attached hydrogens (tertiary/aromatic N) is 2. The molecule has 0 aromatic heterocycles. The van der Waals surface area contributed by atoms with E-state index < -0.39 is 0 Å². The number of hydrogen-bond acceptors (Lipinski definition) is 4. The van der Waals surface area contributed by atoms with Crippen molar-refractivity contribution >= 4 is 51.4 Å². The maximum Gasteiger partial charge on any atom is 0.283 e. The van der Waals surface area contributed by atoms with E-state index in [0.717, 1.165) is 12.5 Å². The Morgan fingerprint density at radius 1 is 1.00 bits per heavy atom. The van der Waals surface area contributed by atoms with E-state index in [-0.39, 0.29) is 68.2 Å². The van der Waals surface area contributed by atoms with Crippen molar-refractivity contribution in [1.82, 2.24) is 0 Å². The van der Waals surface area contributed by atoms with E-state index in [0.29, 0.717) is 0 Å². The van der Waals surface area contributed by atoms with Crippen LogP contribution in [-0.4, -0.2) is 61.6 Å². The molecule has 0 amide bonds. The minimum absolute atomic E-state index is 0. The van der Waals surface area contributed by atoms with Crippen LogP contribution in [0.4, 0.5) is 0 Å². The predicted molar refractivity (Wildman–Crippen MR) is 20.9 cm³/mol. The standard InChI is InChI=1S/2CHNO.Co.K/c2*2-1-3;;/h2*3H;;. The smallest absolute Gasteiger partial charge is 0.283 e. The van der Waals surface area contributed by atoms with E-state index in [1.54, 1.807) is 0 Å². The van der Waals surface area contributed by atoms with Gasteiger partial charge in [-0.15, -0.1) is 0 Å². The maximum atomic E-state index is 6.88. The van der Waals surface area contributed by atoms with Crippen LogP contribution in [0.15, 0.2) is 0 Å². The van der Waals surface area contributed by atoms with Crippen LogP contribution in [0.3, 0.4) is 0 Å². The average Bonchev–Trinajstić information content (AvgIpc) is 1.39. The Morgan fingerprint density at radius 3 is 1.00 bits per heavy atom. The maximum absolute atomic E-state index is 6.88. The van der Waals surface area contributed by atoms with Crippen molar-refractivity contribution in [3.05, 3.63) is 0 Å². The first-order valence-corrected chi connectivity index (χ1v) is 0.894. The molecule has 0 aromatic carbocycles. The monoisotopic (exact) mass is 184 g/mol. The van der Waals surface area contributed by atoms with E-state index in [9.17, 15) is 0 Å². The van der Waals surface area contributed by atoms with Crippen LogP contribution in [0.1, 0.15) is 0 Å². The number of nitriles is 2. The molecule has 8 heavy (non-hydrogen) atoms. The molecule has 42 valence electrons. The third-order valence-corrected chi connectivity index (χ3v) is 0. The molecule has 0 atom stereocenters. The Bertz CT molecular complexity index is 73.0. The molecule has 6 heteroatoms. The van der Waals surface area contributed by atoms with Crippen molar-refractivity contribution in [3.63, 3.8) is 0 Å². The van der Waals surface area contributed by atoms with Crippen molar-refractivity contribution in [2.24, 2.45) is 0 Å². The number of hydrogen-bond donors (Lipinski definition) is 2. The third-order valence-electron chi connectivity index (χ3n) is 0. The van der Waals surface area contributed by atoms with Gasteiger partial charge in [-0.25, -0.2) is 0 Å². The predicted octanol–water partition coefficient (Wildman–Crippen LogP) is -0.703. The second-order valence-electron chi connectivity index (χ2n) is 0.200.